The molecule has 1 aliphatic rings. The number of para-hydroxylation sites is 1. The molecule has 0 aliphatic carbocycles. The SMILES string of the molecule is COC(=O)c1ccc(NC(=O)[C@@H]2CCCN2C(=O)Nc2cn(C(N)=O)c3ccccc23)cc1Br. The van der Waals surface area contributed by atoms with Crippen LogP contribution >= 0.6 is 15.9 Å². The summed E-state index contributed by atoms with van der Waals surface area (Å²) in [5.74, 6) is -0.842. The van der Waals surface area contributed by atoms with Crippen molar-refractivity contribution in [2.24, 2.45) is 5.73 Å². The zero-order valence-corrected chi connectivity index (χ0v) is 19.8. The van der Waals surface area contributed by atoms with Gasteiger partial charge in [-0.25, -0.2) is 14.4 Å². The molecule has 1 fully saturated rings. The molecule has 0 unspecified atom stereocenters. The molecular formula is C23H22BrN5O5. The van der Waals surface area contributed by atoms with E-state index in [1.54, 1.807) is 42.5 Å². The van der Waals surface area contributed by atoms with Crippen LogP contribution in [0, 0.1) is 0 Å². The van der Waals surface area contributed by atoms with Gasteiger partial charge < -0.3 is 26.0 Å². The number of urea groups is 1. The Kier molecular flexibility index (Phi) is 6.55. The first kappa shape index (κ1) is 23.3. The molecule has 1 aromatic heterocycles. The van der Waals surface area contributed by atoms with E-state index >= 15 is 0 Å². The van der Waals surface area contributed by atoms with Crippen molar-refractivity contribution in [3.8, 4) is 0 Å². The average molecular weight is 528 g/mol. The maximum absolute atomic E-state index is 13.1. The summed E-state index contributed by atoms with van der Waals surface area (Å²) >= 11 is 3.30. The minimum Gasteiger partial charge on any atom is -0.465 e. The molecule has 4 N–H and O–H groups in total. The quantitative estimate of drug-likeness (QED) is 0.444. The second-order valence-electron chi connectivity index (χ2n) is 7.73. The summed E-state index contributed by atoms with van der Waals surface area (Å²) in [5, 5.41) is 6.26. The third kappa shape index (κ3) is 4.46. The Labute approximate surface area is 203 Å². The van der Waals surface area contributed by atoms with Crippen molar-refractivity contribution in [3.63, 3.8) is 0 Å². The van der Waals surface area contributed by atoms with Crippen LogP contribution in [0.4, 0.5) is 21.0 Å². The summed E-state index contributed by atoms with van der Waals surface area (Å²) in [6, 6.07) is 9.99. The van der Waals surface area contributed by atoms with Crippen molar-refractivity contribution in [2.45, 2.75) is 18.9 Å². The van der Waals surface area contributed by atoms with Crippen molar-refractivity contribution in [3.05, 3.63) is 58.7 Å². The number of carbonyl (C=O) groups is 4. The second kappa shape index (κ2) is 9.56. The Hall–Kier alpha value is -3.86. The lowest BCUT2D eigenvalue weighted by Crippen LogP contribution is -2.45. The van der Waals surface area contributed by atoms with Gasteiger partial charge in [0.2, 0.25) is 5.91 Å². The van der Waals surface area contributed by atoms with Gasteiger partial charge >= 0.3 is 18.0 Å². The number of hydrogen-bond acceptors (Lipinski definition) is 5. The highest BCUT2D eigenvalue weighted by Gasteiger charge is 2.34. The number of ether oxygens (including phenoxy) is 1. The lowest BCUT2D eigenvalue weighted by atomic mass is 10.1. The number of anilines is 2. The number of aromatic nitrogens is 1. The number of nitrogens with one attached hydrogen (secondary N) is 2. The fraction of sp³-hybridized carbons (Fsp3) is 0.217. The Morgan fingerprint density at radius 2 is 1.88 bits per heavy atom. The monoisotopic (exact) mass is 527 g/mol. The topological polar surface area (TPSA) is 136 Å². The van der Waals surface area contributed by atoms with E-state index in [4.69, 9.17) is 10.5 Å². The number of nitrogens with two attached hydrogens (primary N) is 1. The fourth-order valence-electron chi connectivity index (χ4n) is 4.02. The molecule has 1 aliphatic heterocycles. The van der Waals surface area contributed by atoms with Crippen LogP contribution < -0.4 is 16.4 Å². The van der Waals surface area contributed by atoms with Gasteiger partial charge in [0, 0.05) is 28.3 Å². The van der Waals surface area contributed by atoms with E-state index in [9.17, 15) is 19.2 Å². The molecule has 0 radical (unpaired) electrons. The Bertz CT molecular complexity index is 1300. The van der Waals surface area contributed by atoms with Crippen LogP contribution in [0.5, 0.6) is 0 Å². The van der Waals surface area contributed by atoms with E-state index in [1.165, 1.54) is 22.8 Å². The lowest BCUT2D eigenvalue weighted by Gasteiger charge is -2.24. The van der Waals surface area contributed by atoms with Crippen LogP contribution in [0.15, 0.2) is 53.1 Å². The summed E-state index contributed by atoms with van der Waals surface area (Å²) in [6.45, 7) is 0.406. The standard InChI is InChI=1S/C23H22BrN5O5/c1-34-21(31)14-9-8-13(11-16(14)24)26-20(30)19-7-4-10-28(19)23(33)27-17-12-29(22(25)32)18-6-3-2-5-15(17)18/h2-3,5-6,8-9,11-12,19H,4,7,10H2,1H3,(H2,25,32)(H,26,30)(H,27,33)/t19-/m0/s1. The second-order valence-corrected chi connectivity index (χ2v) is 8.58. The van der Waals surface area contributed by atoms with Crippen molar-refractivity contribution >= 4 is 62.1 Å². The number of methoxy groups -OCH3 is 1. The van der Waals surface area contributed by atoms with E-state index in [0.29, 0.717) is 51.7 Å². The van der Waals surface area contributed by atoms with Crippen molar-refractivity contribution in [1.29, 1.82) is 0 Å². The first-order valence-corrected chi connectivity index (χ1v) is 11.3. The molecule has 0 spiro atoms. The molecule has 0 bridgehead atoms. The number of benzene rings is 2. The number of carbonyl (C=O) groups excluding carboxylic acids is 4. The number of rotatable bonds is 4. The number of nitrogens with zero attached hydrogens (tertiary/aromatic N) is 2. The van der Waals surface area contributed by atoms with Crippen molar-refractivity contribution < 1.29 is 23.9 Å². The first-order valence-electron chi connectivity index (χ1n) is 10.5. The molecule has 4 rings (SSSR count). The predicted molar refractivity (Wildman–Crippen MR) is 130 cm³/mol. The summed E-state index contributed by atoms with van der Waals surface area (Å²) in [7, 11) is 1.29. The number of likely N-dealkylation sites (tertiary alicyclic amines) is 1. The minimum absolute atomic E-state index is 0.331. The van der Waals surface area contributed by atoms with Gasteiger partial charge in [-0.05, 0) is 53.0 Å². The maximum atomic E-state index is 13.1. The van der Waals surface area contributed by atoms with Gasteiger partial charge in [-0.3, -0.25) is 9.36 Å². The zero-order valence-electron chi connectivity index (χ0n) is 18.2. The van der Waals surface area contributed by atoms with Crippen LogP contribution in [0.1, 0.15) is 23.2 Å². The van der Waals surface area contributed by atoms with E-state index in [0.717, 1.165) is 0 Å². The number of fused-ring (bicyclic) bond motifs is 1. The molecule has 10 nitrogen and oxygen atoms in total. The van der Waals surface area contributed by atoms with Gasteiger partial charge in [0.25, 0.3) is 0 Å². The summed E-state index contributed by atoms with van der Waals surface area (Å²) in [4.78, 5) is 51.0. The fourth-order valence-corrected chi connectivity index (χ4v) is 4.57. The van der Waals surface area contributed by atoms with E-state index in [1.807, 2.05) is 0 Å². The van der Waals surface area contributed by atoms with Gasteiger partial charge in [0.05, 0.1) is 23.9 Å². The molecule has 4 amide bonds. The third-order valence-electron chi connectivity index (χ3n) is 5.65. The normalized spacial score (nSPS) is 15.2. The molecule has 1 atom stereocenters. The Balaban J connectivity index is 1.49. The number of esters is 1. The molecule has 2 aromatic carbocycles. The summed E-state index contributed by atoms with van der Waals surface area (Å²) < 4.78 is 6.45. The van der Waals surface area contributed by atoms with Crippen LogP contribution in [0.25, 0.3) is 10.9 Å². The molecular weight excluding hydrogens is 506 g/mol. The molecule has 11 heteroatoms. The number of hydrogen-bond donors (Lipinski definition) is 3. The van der Waals surface area contributed by atoms with Crippen LogP contribution in [-0.4, -0.2) is 53.1 Å². The highest BCUT2D eigenvalue weighted by atomic mass is 79.9. The van der Waals surface area contributed by atoms with Gasteiger partial charge in [0.15, 0.2) is 0 Å². The summed E-state index contributed by atoms with van der Waals surface area (Å²) in [5.41, 5.74) is 7.24. The van der Waals surface area contributed by atoms with Gasteiger partial charge in [-0.2, -0.15) is 0 Å². The number of halogens is 1. The van der Waals surface area contributed by atoms with E-state index in [2.05, 4.69) is 26.6 Å². The van der Waals surface area contributed by atoms with E-state index in [-0.39, 0.29) is 5.91 Å². The molecule has 34 heavy (non-hydrogen) atoms. The Morgan fingerprint density at radius 3 is 2.59 bits per heavy atom. The highest BCUT2D eigenvalue weighted by Crippen LogP contribution is 2.28. The molecule has 176 valence electrons. The van der Waals surface area contributed by atoms with Gasteiger partial charge in [-0.1, -0.05) is 18.2 Å². The van der Waals surface area contributed by atoms with Crippen molar-refractivity contribution in [2.75, 3.05) is 24.3 Å². The van der Waals surface area contributed by atoms with Crippen LogP contribution in [0.3, 0.4) is 0 Å². The third-order valence-corrected chi connectivity index (χ3v) is 6.31. The van der Waals surface area contributed by atoms with Crippen molar-refractivity contribution in [1.82, 2.24) is 9.47 Å². The average Bonchev–Trinajstić information content (AvgIpc) is 3.44. The molecule has 1 saturated heterocycles. The van der Waals surface area contributed by atoms with Gasteiger partial charge in [-0.15, -0.1) is 0 Å². The van der Waals surface area contributed by atoms with Gasteiger partial charge in [0.1, 0.15) is 6.04 Å². The van der Waals surface area contributed by atoms with Crippen LogP contribution in [0.2, 0.25) is 0 Å². The minimum atomic E-state index is -0.677. The lowest BCUT2D eigenvalue weighted by molar-refractivity contribution is -0.119. The Morgan fingerprint density at radius 1 is 1.12 bits per heavy atom. The molecule has 2 heterocycles. The largest absolute Gasteiger partial charge is 0.465 e. The molecule has 3 aromatic rings. The smallest absolute Gasteiger partial charge is 0.339 e. The van der Waals surface area contributed by atoms with E-state index < -0.39 is 24.1 Å². The summed E-state index contributed by atoms with van der Waals surface area (Å²) in [6.07, 6.45) is 2.64. The number of primary amides is 1. The first-order chi connectivity index (χ1) is 16.3. The predicted octanol–water partition coefficient (Wildman–Crippen LogP) is 3.75. The highest BCUT2D eigenvalue weighted by molar-refractivity contribution is 9.10. The van der Waals surface area contributed by atoms with Crippen LogP contribution in [-0.2, 0) is 9.53 Å². The maximum Gasteiger partial charge on any atom is 0.339 e. The molecule has 0 saturated carbocycles. The zero-order chi connectivity index (χ0) is 24.4. The number of amides is 4.